The van der Waals surface area contributed by atoms with Crippen molar-refractivity contribution in [3.63, 3.8) is 0 Å². The molecule has 174 valence electrons. The number of allylic oxidation sites excluding steroid dienone is 4. The summed E-state index contributed by atoms with van der Waals surface area (Å²) < 4.78 is 0. The molecular weight excluding hydrogens is 704 g/mol. The number of fused-ring (bicyclic) bond motifs is 2. The Balaban J connectivity index is 0.000000321. The topological polar surface area (TPSA) is 74.6 Å². The van der Waals surface area contributed by atoms with Crippen LogP contribution in [-0.4, -0.2) is 21.8 Å². The summed E-state index contributed by atoms with van der Waals surface area (Å²) in [5.41, 5.74) is 1.18. The molecule has 4 aromatic carbocycles. The summed E-state index contributed by atoms with van der Waals surface area (Å²) in [4.78, 5) is 23.3. The summed E-state index contributed by atoms with van der Waals surface area (Å²) in [7, 11) is 0. The molecule has 0 heterocycles. The Hall–Kier alpha value is -1.01. The molecule has 0 aromatic heterocycles. The van der Waals surface area contributed by atoms with Gasteiger partial charge >= 0.3 is 0 Å². The number of carbonyl (C=O) groups excluding carboxylic acids is 2. The molecule has 0 fully saturated rings. The average Bonchev–Trinajstić information content (AvgIpc) is 2.78. The number of carbonyl (C=O) groups is 2. The van der Waals surface area contributed by atoms with E-state index in [0.29, 0.717) is 11.1 Å². The number of benzene rings is 4. The van der Waals surface area contributed by atoms with Crippen molar-refractivity contribution >= 4 is 33.1 Å². The maximum atomic E-state index is 11.7. The fourth-order valence-electron chi connectivity index (χ4n) is 3.23. The van der Waals surface area contributed by atoms with Gasteiger partial charge < -0.3 is 10.2 Å². The molecule has 4 aromatic rings. The van der Waals surface area contributed by atoms with Gasteiger partial charge in [0.05, 0.1) is 11.5 Å². The fourth-order valence-corrected chi connectivity index (χ4v) is 3.23. The minimum Gasteiger partial charge on any atom is -0.512 e. The SMILES string of the molecule is CC(O)=CC(=O)c1ccc2ccccc2c1.CC(O)=CC(=O)c1ccc2ccccc2c1.[Eu].[Eu]. The second-order valence-corrected chi connectivity index (χ2v) is 7.42. The van der Waals surface area contributed by atoms with Gasteiger partial charge in [0.25, 0.3) is 0 Å². The molecule has 0 aliphatic carbocycles. The standard InChI is InChI=1S/2C14H12O2.2Eu/c2*1-10(15)8-14(16)13-7-6-11-4-2-3-5-12(11)9-13;;/h2*2-9,15H,1H3;;. The van der Waals surface area contributed by atoms with E-state index < -0.39 is 0 Å². The van der Waals surface area contributed by atoms with Gasteiger partial charge in [0.15, 0.2) is 11.6 Å². The van der Waals surface area contributed by atoms with Gasteiger partial charge in [-0.3, -0.25) is 9.59 Å². The third-order valence-corrected chi connectivity index (χ3v) is 4.75. The first-order valence-electron chi connectivity index (χ1n) is 10.1. The molecule has 0 amide bonds. The summed E-state index contributed by atoms with van der Waals surface area (Å²) in [6.45, 7) is 2.97. The third kappa shape index (κ3) is 9.22. The molecule has 0 aliphatic rings. The van der Waals surface area contributed by atoms with Crippen LogP contribution in [0.15, 0.2) is 109 Å². The molecule has 34 heavy (non-hydrogen) atoms. The normalized spacial score (nSPS) is 11.0. The van der Waals surface area contributed by atoms with Crippen molar-refractivity contribution in [1.29, 1.82) is 0 Å². The van der Waals surface area contributed by atoms with E-state index in [1.54, 1.807) is 12.1 Å². The molecule has 0 aliphatic heterocycles. The van der Waals surface area contributed by atoms with Crippen molar-refractivity contribution in [3.05, 3.63) is 120 Å². The summed E-state index contributed by atoms with van der Waals surface area (Å²) >= 11 is 0. The Kier molecular flexibility index (Phi) is 13.8. The number of rotatable bonds is 4. The summed E-state index contributed by atoms with van der Waals surface area (Å²) in [6.07, 6.45) is 2.45. The maximum absolute atomic E-state index is 11.7. The molecule has 2 radical (unpaired) electrons. The number of ketones is 2. The van der Waals surface area contributed by atoms with E-state index in [2.05, 4.69) is 0 Å². The first kappa shape index (κ1) is 31.0. The second kappa shape index (κ2) is 15.2. The van der Waals surface area contributed by atoms with Gasteiger partial charge in [0.2, 0.25) is 0 Å². The first-order chi connectivity index (χ1) is 15.3. The first-order valence-corrected chi connectivity index (χ1v) is 10.1. The Morgan fingerprint density at radius 1 is 0.559 bits per heavy atom. The number of aliphatic hydroxyl groups excluding tert-OH is 2. The summed E-state index contributed by atoms with van der Waals surface area (Å²) in [6, 6.07) is 26.7. The Labute approximate surface area is 280 Å². The zero-order valence-electron chi connectivity index (χ0n) is 18.7. The van der Waals surface area contributed by atoms with Crippen molar-refractivity contribution < 1.29 is 119 Å². The minimum atomic E-state index is -0.175. The summed E-state index contributed by atoms with van der Waals surface area (Å²) in [5, 5.41) is 22.3. The molecule has 0 saturated carbocycles. The predicted octanol–water partition coefficient (Wildman–Crippen LogP) is 6.97. The number of aliphatic hydroxyl groups is 2. The van der Waals surface area contributed by atoms with Crippen LogP contribution in [0.2, 0.25) is 0 Å². The zero-order valence-corrected chi connectivity index (χ0v) is 23.6. The van der Waals surface area contributed by atoms with Crippen LogP contribution in [-0.2, 0) is 0 Å². The van der Waals surface area contributed by atoms with E-state index in [0.717, 1.165) is 21.5 Å². The van der Waals surface area contributed by atoms with Crippen LogP contribution >= 0.6 is 0 Å². The molecule has 4 nitrogen and oxygen atoms in total. The average molecular weight is 728 g/mol. The van der Waals surface area contributed by atoms with Crippen LogP contribution < -0.4 is 0 Å². The van der Waals surface area contributed by atoms with Crippen LogP contribution in [0.3, 0.4) is 0 Å². The van der Waals surface area contributed by atoms with E-state index in [9.17, 15) is 9.59 Å². The number of hydrogen-bond acceptors (Lipinski definition) is 4. The Morgan fingerprint density at radius 3 is 1.21 bits per heavy atom. The molecule has 0 saturated heterocycles. The van der Waals surface area contributed by atoms with Crippen LogP contribution in [0.5, 0.6) is 0 Å². The fraction of sp³-hybridized carbons (Fsp3) is 0.0714. The molecule has 4 rings (SSSR count). The molecule has 6 heteroatoms. The van der Waals surface area contributed by atoms with Crippen LogP contribution in [0.1, 0.15) is 34.6 Å². The maximum Gasteiger partial charge on any atom is 0.189 e. The van der Waals surface area contributed by atoms with Crippen LogP contribution in [0.4, 0.5) is 0 Å². The van der Waals surface area contributed by atoms with Gasteiger partial charge in [0, 0.05) is 122 Å². The smallest absolute Gasteiger partial charge is 0.189 e. The van der Waals surface area contributed by atoms with Crippen molar-refractivity contribution in [2.24, 2.45) is 0 Å². The van der Waals surface area contributed by atoms with E-state index in [1.165, 1.54) is 26.0 Å². The molecule has 0 spiro atoms. The Bertz CT molecular complexity index is 1240. The van der Waals surface area contributed by atoms with Crippen LogP contribution in [0.25, 0.3) is 21.5 Å². The van der Waals surface area contributed by atoms with Crippen molar-refractivity contribution in [2.45, 2.75) is 13.8 Å². The zero-order chi connectivity index (χ0) is 23.1. The van der Waals surface area contributed by atoms with Gasteiger partial charge in [0.1, 0.15) is 0 Å². The molecule has 0 bridgehead atoms. The van der Waals surface area contributed by atoms with Gasteiger partial charge in [-0.05, 0) is 47.5 Å². The van der Waals surface area contributed by atoms with Gasteiger partial charge in [-0.15, -0.1) is 0 Å². The molecular formula is C28H24Eu2O4. The van der Waals surface area contributed by atoms with E-state index in [-0.39, 0.29) is 122 Å². The molecule has 0 atom stereocenters. The van der Waals surface area contributed by atoms with Crippen molar-refractivity contribution in [2.75, 3.05) is 0 Å². The van der Waals surface area contributed by atoms with Gasteiger partial charge in [-0.25, -0.2) is 0 Å². The quantitative estimate of drug-likeness (QED) is 0.135. The Morgan fingerprint density at radius 2 is 0.882 bits per heavy atom. The number of hydrogen-bond donors (Lipinski definition) is 2. The predicted molar refractivity (Wildman–Crippen MR) is 129 cm³/mol. The van der Waals surface area contributed by atoms with E-state index in [1.807, 2.05) is 72.8 Å². The minimum absolute atomic E-state index is 0. The monoisotopic (exact) mass is 730 g/mol. The van der Waals surface area contributed by atoms with Crippen molar-refractivity contribution in [3.8, 4) is 0 Å². The van der Waals surface area contributed by atoms with Crippen LogP contribution in [0, 0.1) is 98.8 Å². The molecule has 2 N–H and O–H groups in total. The largest absolute Gasteiger partial charge is 0.512 e. The van der Waals surface area contributed by atoms with Gasteiger partial charge in [-0.2, -0.15) is 0 Å². The molecule has 0 unspecified atom stereocenters. The summed E-state index contributed by atoms with van der Waals surface area (Å²) in [5.74, 6) is -0.298. The van der Waals surface area contributed by atoms with Crippen molar-refractivity contribution in [1.82, 2.24) is 0 Å². The third-order valence-electron chi connectivity index (χ3n) is 4.75. The van der Waals surface area contributed by atoms with Gasteiger partial charge in [-0.1, -0.05) is 72.8 Å². The van der Waals surface area contributed by atoms with E-state index >= 15 is 0 Å². The second-order valence-electron chi connectivity index (χ2n) is 7.42. The van der Waals surface area contributed by atoms with E-state index in [4.69, 9.17) is 10.2 Å².